The largest absolute Gasteiger partial charge is 0.469 e. The van der Waals surface area contributed by atoms with Crippen LogP contribution in [0.25, 0.3) is 0 Å². The van der Waals surface area contributed by atoms with E-state index in [0.29, 0.717) is 5.88 Å². The van der Waals surface area contributed by atoms with E-state index in [0.717, 1.165) is 38.0 Å². The molecule has 1 aromatic carbocycles. The molecular weight excluding hydrogens is 262 g/mol. The Morgan fingerprint density at radius 2 is 1.84 bits per heavy atom. The van der Waals surface area contributed by atoms with E-state index in [1.54, 1.807) is 0 Å². The Bertz CT molecular complexity index is 411. The Labute approximate surface area is 119 Å². The minimum absolute atomic E-state index is 0.0638. The second-order valence-corrected chi connectivity index (χ2v) is 5.29. The van der Waals surface area contributed by atoms with Crippen molar-refractivity contribution < 1.29 is 9.53 Å². The molecule has 1 saturated heterocycles. The van der Waals surface area contributed by atoms with Gasteiger partial charge in [0, 0.05) is 12.4 Å². The summed E-state index contributed by atoms with van der Waals surface area (Å²) in [6.07, 6.45) is 1.79. The first-order valence-electron chi connectivity index (χ1n) is 6.67. The summed E-state index contributed by atoms with van der Waals surface area (Å²) < 4.78 is 4.80. The number of piperidine rings is 1. The third kappa shape index (κ3) is 3.95. The molecule has 0 spiro atoms. The number of methoxy groups -OCH3 is 1. The van der Waals surface area contributed by atoms with E-state index >= 15 is 0 Å². The van der Waals surface area contributed by atoms with Gasteiger partial charge in [-0.2, -0.15) is 0 Å². The number of halogens is 1. The third-order valence-electron chi connectivity index (χ3n) is 3.71. The van der Waals surface area contributed by atoms with Crippen LogP contribution in [0.1, 0.15) is 24.0 Å². The lowest BCUT2D eigenvalue weighted by molar-refractivity contribution is -0.147. The molecule has 0 unspecified atom stereocenters. The number of benzene rings is 1. The van der Waals surface area contributed by atoms with Gasteiger partial charge in [0.05, 0.1) is 13.0 Å². The Morgan fingerprint density at radius 3 is 2.37 bits per heavy atom. The minimum Gasteiger partial charge on any atom is -0.469 e. The van der Waals surface area contributed by atoms with Crippen molar-refractivity contribution in [1.29, 1.82) is 0 Å². The van der Waals surface area contributed by atoms with Gasteiger partial charge in [0.15, 0.2) is 0 Å². The van der Waals surface area contributed by atoms with Gasteiger partial charge in [-0.15, -0.1) is 11.6 Å². The zero-order valence-corrected chi connectivity index (χ0v) is 12.0. The first-order chi connectivity index (χ1) is 9.22. The zero-order valence-electron chi connectivity index (χ0n) is 11.3. The van der Waals surface area contributed by atoms with Gasteiger partial charge in [-0.3, -0.25) is 9.69 Å². The average Bonchev–Trinajstić information content (AvgIpc) is 2.48. The molecule has 104 valence electrons. The summed E-state index contributed by atoms with van der Waals surface area (Å²) in [4.78, 5) is 13.8. The molecular formula is C15H20ClNO2. The van der Waals surface area contributed by atoms with E-state index in [4.69, 9.17) is 16.3 Å². The molecule has 2 rings (SSSR count). The lowest BCUT2D eigenvalue weighted by atomic mass is 9.96. The number of carbonyl (C=O) groups excluding carboxylic acids is 1. The number of rotatable bonds is 4. The SMILES string of the molecule is COC(=O)C1CCN(Cc2ccc(CCl)cc2)CC1. The molecule has 3 nitrogen and oxygen atoms in total. The number of nitrogens with zero attached hydrogens (tertiary/aromatic N) is 1. The van der Waals surface area contributed by atoms with E-state index in [1.807, 2.05) is 0 Å². The molecule has 1 heterocycles. The van der Waals surface area contributed by atoms with E-state index in [2.05, 4.69) is 29.2 Å². The molecule has 0 amide bonds. The Hall–Kier alpha value is -1.06. The van der Waals surface area contributed by atoms with Crippen LogP contribution in [-0.2, 0) is 22.0 Å². The van der Waals surface area contributed by atoms with Gasteiger partial charge in [0.25, 0.3) is 0 Å². The van der Waals surface area contributed by atoms with Crippen molar-refractivity contribution in [1.82, 2.24) is 4.90 Å². The van der Waals surface area contributed by atoms with Gasteiger partial charge >= 0.3 is 5.97 Å². The van der Waals surface area contributed by atoms with Crippen LogP contribution in [0.15, 0.2) is 24.3 Å². The molecule has 4 heteroatoms. The first-order valence-corrected chi connectivity index (χ1v) is 7.20. The Morgan fingerprint density at radius 1 is 1.26 bits per heavy atom. The van der Waals surface area contributed by atoms with Crippen LogP contribution in [0.4, 0.5) is 0 Å². The van der Waals surface area contributed by atoms with Crippen LogP contribution in [0.3, 0.4) is 0 Å². The molecule has 0 atom stereocenters. The number of hydrogen-bond donors (Lipinski definition) is 0. The monoisotopic (exact) mass is 281 g/mol. The molecule has 1 fully saturated rings. The highest BCUT2D eigenvalue weighted by molar-refractivity contribution is 6.17. The fourth-order valence-corrected chi connectivity index (χ4v) is 2.66. The summed E-state index contributed by atoms with van der Waals surface area (Å²) in [6, 6.07) is 8.40. The van der Waals surface area contributed by atoms with Crippen molar-refractivity contribution in [2.45, 2.75) is 25.3 Å². The minimum atomic E-state index is -0.0638. The van der Waals surface area contributed by atoms with Crippen molar-refractivity contribution in [2.75, 3.05) is 20.2 Å². The number of hydrogen-bond acceptors (Lipinski definition) is 3. The summed E-state index contributed by atoms with van der Waals surface area (Å²) in [5.41, 5.74) is 2.44. The quantitative estimate of drug-likeness (QED) is 0.628. The van der Waals surface area contributed by atoms with Crippen molar-refractivity contribution in [2.24, 2.45) is 5.92 Å². The van der Waals surface area contributed by atoms with E-state index < -0.39 is 0 Å². The summed E-state index contributed by atoms with van der Waals surface area (Å²) in [7, 11) is 1.47. The highest BCUT2D eigenvalue weighted by Gasteiger charge is 2.25. The smallest absolute Gasteiger partial charge is 0.308 e. The predicted octanol–water partition coefficient (Wildman–Crippen LogP) is 2.81. The van der Waals surface area contributed by atoms with Gasteiger partial charge in [-0.25, -0.2) is 0 Å². The number of ether oxygens (including phenoxy) is 1. The van der Waals surface area contributed by atoms with Gasteiger partial charge in [0.1, 0.15) is 0 Å². The summed E-state index contributed by atoms with van der Waals surface area (Å²) in [5, 5.41) is 0. The molecule has 1 aromatic rings. The molecule has 0 N–H and O–H groups in total. The highest BCUT2D eigenvalue weighted by atomic mass is 35.5. The molecule has 1 aliphatic rings. The van der Waals surface area contributed by atoms with E-state index in [-0.39, 0.29) is 11.9 Å². The maximum Gasteiger partial charge on any atom is 0.308 e. The van der Waals surface area contributed by atoms with Crippen LogP contribution in [-0.4, -0.2) is 31.1 Å². The molecule has 1 aliphatic heterocycles. The highest BCUT2D eigenvalue weighted by Crippen LogP contribution is 2.20. The lowest BCUT2D eigenvalue weighted by Gasteiger charge is -2.30. The molecule has 0 radical (unpaired) electrons. The number of esters is 1. The maximum atomic E-state index is 11.4. The van der Waals surface area contributed by atoms with Crippen LogP contribution in [0, 0.1) is 5.92 Å². The van der Waals surface area contributed by atoms with Crippen molar-refractivity contribution in [3.05, 3.63) is 35.4 Å². The van der Waals surface area contributed by atoms with E-state index in [9.17, 15) is 4.79 Å². The second-order valence-electron chi connectivity index (χ2n) is 5.02. The zero-order chi connectivity index (χ0) is 13.7. The van der Waals surface area contributed by atoms with Crippen LogP contribution in [0.2, 0.25) is 0 Å². The maximum absolute atomic E-state index is 11.4. The average molecular weight is 282 g/mol. The molecule has 0 aromatic heterocycles. The topological polar surface area (TPSA) is 29.5 Å². The summed E-state index contributed by atoms with van der Waals surface area (Å²) in [5.74, 6) is 0.580. The van der Waals surface area contributed by atoms with Crippen molar-refractivity contribution >= 4 is 17.6 Å². The molecule has 19 heavy (non-hydrogen) atoms. The van der Waals surface area contributed by atoms with Gasteiger partial charge in [-0.05, 0) is 37.1 Å². The van der Waals surface area contributed by atoms with Crippen LogP contribution < -0.4 is 0 Å². The lowest BCUT2D eigenvalue weighted by Crippen LogP contribution is -2.36. The van der Waals surface area contributed by atoms with Crippen LogP contribution >= 0.6 is 11.6 Å². The molecule has 0 saturated carbocycles. The van der Waals surface area contributed by atoms with Gasteiger partial charge in [-0.1, -0.05) is 24.3 Å². The van der Waals surface area contributed by atoms with E-state index in [1.165, 1.54) is 12.7 Å². The van der Waals surface area contributed by atoms with Crippen molar-refractivity contribution in [3.63, 3.8) is 0 Å². The summed E-state index contributed by atoms with van der Waals surface area (Å²) in [6.45, 7) is 2.85. The second kappa shape index (κ2) is 6.92. The third-order valence-corrected chi connectivity index (χ3v) is 4.01. The van der Waals surface area contributed by atoms with Gasteiger partial charge < -0.3 is 4.74 Å². The number of alkyl halides is 1. The normalized spacial score (nSPS) is 17.4. The predicted molar refractivity (Wildman–Crippen MR) is 76.0 cm³/mol. The number of carbonyl (C=O) groups is 1. The Kier molecular flexibility index (Phi) is 5.23. The fraction of sp³-hybridized carbons (Fsp3) is 0.533. The van der Waals surface area contributed by atoms with Gasteiger partial charge in [0.2, 0.25) is 0 Å². The van der Waals surface area contributed by atoms with Crippen LogP contribution in [0.5, 0.6) is 0 Å². The first kappa shape index (κ1) is 14.4. The molecule has 0 aliphatic carbocycles. The number of likely N-dealkylation sites (tertiary alicyclic amines) is 1. The fourth-order valence-electron chi connectivity index (χ4n) is 2.49. The standard InChI is InChI=1S/C15H20ClNO2/c1-19-15(18)14-6-8-17(9-7-14)11-13-4-2-12(10-16)3-5-13/h2-5,14H,6-11H2,1H3. The van der Waals surface area contributed by atoms with Crippen molar-refractivity contribution in [3.8, 4) is 0 Å². The molecule has 0 bridgehead atoms. The Balaban J connectivity index is 1.83. The summed E-state index contributed by atoms with van der Waals surface area (Å²) >= 11 is 5.78.